The molecule has 0 saturated heterocycles. The second-order valence-electron chi connectivity index (χ2n) is 5.86. The molecule has 0 amide bonds. The number of rotatable bonds is 6. The van der Waals surface area contributed by atoms with E-state index >= 15 is 0 Å². The van der Waals surface area contributed by atoms with E-state index in [0.29, 0.717) is 11.4 Å². The van der Waals surface area contributed by atoms with Crippen LogP contribution in [0.5, 0.6) is 5.75 Å². The van der Waals surface area contributed by atoms with Crippen molar-refractivity contribution in [3.05, 3.63) is 70.6 Å². The first kappa shape index (κ1) is 20.7. The van der Waals surface area contributed by atoms with E-state index in [1.807, 2.05) is 24.3 Å². The highest BCUT2D eigenvalue weighted by Crippen LogP contribution is 2.30. The lowest BCUT2D eigenvalue weighted by Crippen LogP contribution is -2.17. The third-order valence-corrected chi connectivity index (χ3v) is 7.00. The third kappa shape index (κ3) is 5.50. The average Bonchev–Trinajstić information content (AvgIpc) is 3.09. The molecule has 1 aromatic heterocycles. The van der Waals surface area contributed by atoms with Gasteiger partial charge < -0.3 is 4.74 Å². The molecule has 0 aliphatic rings. The van der Waals surface area contributed by atoms with Crippen molar-refractivity contribution >= 4 is 32.8 Å². The topological polar surface area (TPSA) is 43.4 Å². The van der Waals surface area contributed by atoms with Crippen molar-refractivity contribution in [1.29, 1.82) is 0 Å². The Hall–Kier alpha value is -2.03. The maximum absolute atomic E-state index is 12.4. The molecule has 0 N–H and O–H groups in total. The number of ether oxygens (including phenoxy) is 1. The average molecular weight is 447 g/mol. The van der Waals surface area contributed by atoms with Crippen LogP contribution in [0.4, 0.5) is 13.2 Å². The largest absolute Gasteiger partial charge is 0.573 e. The van der Waals surface area contributed by atoms with Crippen LogP contribution in [-0.4, -0.2) is 20.5 Å². The van der Waals surface area contributed by atoms with Crippen molar-refractivity contribution in [1.82, 2.24) is 0 Å². The minimum absolute atomic E-state index is 0.0449. The Morgan fingerprint density at radius 3 is 2.18 bits per heavy atom. The van der Waals surface area contributed by atoms with Crippen LogP contribution >= 0.6 is 22.9 Å². The Kier molecular flexibility index (Phi) is 6.02. The van der Waals surface area contributed by atoms with Gasteiger partial charge in [-0.2, -0.15) is 0 Å². The van der Waals surface area contributed by atoms with Gasteiger partial charge in [-0.05, 0) is 60.5 Å². The number of sulfone groups is 1. The summed E-state index contributed by atoms with van der Waals surface area (Å²) in [5.74, 6) is -0.607. The number of hydrogen-bond acceptors (Lipinski definition) is 4. The summed E-state index contributed by atoms with van der Waals surface area (Å²) in [4.78, 5) is 1.85. The van der Waals surface area contributed by atoms with Gasteiger partial charge in [-0.1, -0.05) is 23.7 Å². The first-order valence-electron chi connectivity index (χ1n) is 8.06. The smallest absolute Gasteiger partial charge is 0.406 e. The van der Waals surface area contributed by atoms with E-state index in [-0.39, 0.29) is 10.6 Å². The highest BCUT2D eigenvalue weighted by molar-refractivity contribution is 7.91. The number of benzene rings is 2. The quantitative estimate of drug-likeness (QED) is 0.467. The van der Waals surface area contributed by atoms with Crippen molar-refractivity contribution in [2.45, 2.75) is 17.7 Å². The van der Waals surface area contributed by atoms with Gasteiger partial charge in [0.2, 0.25) is 0 Å². The fraction of sp³-hybridized carbons (Fsp3) is 0.158. The normalized spacial score (nSPS) is 12.1. The molecule has 0 atom stereocenters. The number of thiophene rings is 1. The molecule has 0 saturated carbocycles. The fourth-order valence-electron chi connectivity index (χ4n) is 2.48. The van der Waals surface area contributed by atoms with E-state index in [9.17, 15) is 21.6 Å². The first-order chi connectivity index (χ1) is 13.1. The van der Waals surface area contributed by atoms with Crippen molar-refractivity contribution in [3.63, 3.8) is 0 Å². The second kappa shape index (κ2) is 8.14. The molecule has 148 valence electrons. The summed E-state index contributed by atoms with van der Waals surface area (Å²) in [6.07, 6.45) is -4.51. The molecule has 28 heavy (non-hydrogen) atoms. The first-order valence-corrected chi connectivity index (χ1v) is 10.9. The Morgan fingerprint density at radius 1 is 0.929 bits per heavy atom. The zero-order chi connectivity index (χ0) is 20.4. The highest BCUT2D eigenvalue weighted by Gasteiger charge is 2.31. The molecule has 0 bridgehead atoms. The molecule has 2 aromatic carbocycles. The fourth-order valence-corrected chi connectivity index (χ4v) is 5.03. The van der Waals surface area contributed by atoms with Crippen molar-refractivity contribution < 1.29 is 26.3 Å². The minimum Gasteiger partial charge on any atom is -0.406 e. The van der Waals surface area contributed by atoms with Crippen LogP contribution in [0.1, 0.15) is 4.88 Å². The molecule has 1 heterocycles. The maximum atomic E-state index is 12.4. The SMILES string of the molecule is O=S(=O)(CCc1ccc(-c2ccc(Cl)cc2)s1)c1ccc(OC(F)(F)F)cc1. The predicted molar refractivity (Wildman–Crippen MR) is 104 cm³/mol. The maximum Gasteiger partial charge on any atom is 0.573 e. The molecule has 0 radical (unpaired) electrons. The van der Waals surface area contributed by atoms with E-state index in [4.69, 9.17) is 11.6 Å². The van der Waals surface area contributed by atoms with Gasteiger partial charge in [-0.25, -0.2) is 8.42 Å². The Balaban J connectivity index is 1.66. The van der Waals surface area contributed by atoms with Crippen molar-refractivity contribution in [2.75, 3.05) is 5.75 Å². The number of hydrogen-bond donors (Lipinski definition) is 0. The molecule has 0 unspecified atom stereocenters. The molecule has 0 aliphatic heterocycles. The molecule has 3 aromatic rings. The molecular weight excluding hydrogens is 433 g/mol. The lowest BCUT2D eigenvalue weighted by atomic mass is 10.2. The van der Waals surface area contributed by atoms with E-state index in [2.05, 4.69) is 4.74 Å². The molecule has 3 rings (SSSR count). The Bertz CT molecular complexity index is 1040. The summed E-state index contributed by atoms with van der Waals surface area (Å²) < 4.78 is 65.2. The van der Waals surface area contributed by atoms with E-state index < -0.39 is 21.9 Å². The van der Waals surface area contributed by atoms with E-state index in [1.165, 1.54) is 11.3 Å². The summed E-state index contributed by atoms with van der Waals surface area (Å²) in [5, 5.41) is 0.637. The molecule has 9 heteroatoms. The van der Waals surface area contributed by atoms with Gasteiger partial charge in [-0.3, -0.25) is 0 Å². The Morgan fingerprint density at radius 2 is 1.57 bits per heavy atom. The molecule has 0 fully saturated rings. The summed E-state index contributed by atoms with van der Waals surface area (Å²) in [5.41, 5.74) is 0.990. The minimum atomic E-state index is -4.82. The number of halogens is 4. The summed E-state index contributed by atoms with van der Waals surface area (Å²) >= 11 is 7.36. The zero-order valence-electron chi connectivity index (χ0n) is 14.2. The van der Waals surface area contributed by atoms with Crippen molar-refractivity contribution in [2.24, 2.45) is 0 Å². The standard InChI is InChI=1S/C19H14ClF3O3S2/c20-14-3-1-13(2-4-14)18-10-7-16(27-18)11-12-28(24,25)17-8-5-15(6-9-17)26-19(21,22)23/h1-10H,11-12H2. The van der Waals surface area contributed by atoms with Gasteiger partial charge in [0, 0.05) is 14.8 Å². The second-order valence-corrected chi connectivity index (χ2v) is 9.57. The van der Waals surface area contributed by atoms with Crippen LogP contribution in [0.15, 0.2) is 65.6 Å². The van der Waals surface area contributed by atoms with Gasteiger partial charge in [0.15, 0.2) is 9.84 Å². The van der Waals surface area contributed by atoms with Crippen LogP contribution in [0.3, 0.4) is 0 Å². The molecule has 3 nitrogen and oxygen atoms in total. The van der Waals surface area contributed by atoms with Crippen molar-refractivity contribution in [3.8, 4) is 16.2 Å². The summed E-state index contributed by atoms with van der Waals surface area (Å²) in [6.45, 7) is 0. The van der Waals surface area contributed by atoms with Gasteiger partial charge in [-0.15, -0.1) is 24.5 Å². The highest BCUT2D eigenvalue weighted by atomic mass is 35.5. The summed E-state index contributed by atoms with van der Waals surface area (Å²) in [6, 6.07) is 15.3. The van der Waals surface area contributed by atoms with Crippen LogP contribution in [-0.2, 0) is 16.3 Å². The number of alkyl halides is 3. The van der Waals surface area contributed by atoms with Crippen LogP contribution in [0, 0.1) is 0 Å². The zero-order valence-corrected chi connectivity index (χ0v) is 16.6. The number of aryl methyl sites for hydroxylation is 1. The van der Waals surface area contributed by atoms with Gasteiger partial charge in [0.05, 0.1) is 10.6 Å². The third-order valence-electron chi connectivity index (χ3n) is 3.82. The van der Waals surface area contributed by atoms with E-state index in [1.54, 1.807) is 12.1 Å². The van der Waals surface area contributed by atoms with E-state index in [0.717, 1.165) is 39.6 Å². The summed E-state index contributed by atoms with van der Waals surface area (Å²) in [7, 11) is -3.63. The Labute approximate surface area is 169 Å². The van der Waals surface area contributed by atoms with Gasteiger partial charge in [0.1, 0.15) is 5.75 Å². The lowest BCUT2D eigenvalue weighted by Gasteiger charge is -2.09. The lowest BCUT2D eigenvalue weighted by molar-refractivity contribution is -0.274. The van der Waals surface area contributed by atoms with Crippen LogP contribution in [0.25, 0.3) is 10.4 Å². The molecular formula is C19H14ClF3O3S2. The van der Waals surface area contributed by atoms with Crippen LogP contribution in [0.2, 0.25) is 5.02 Å². The monoisotopic (exact) mass is 446 g/mol. The molecule has 0 aliphatic carbocycles. The molecule has 0 spiro atoms. The van der Waals surface area contributed by atoms with Crippen LogP contribution < -0.4 is 4.74 Å². The van der Waals surface area contributed by atoms with Gasteiger partial charge >= 0.3 is 6.36 Å². The predicted octanol–water partition coefficient (Wildman–Crippen LogP) is 5.98. The van der Waals surface area contributed by atoms with Gasteiger partial charge in [0.25, 0.3) is 0 Å².